The highest BCUT2D eigenvalue weighted by atomic mass is 16.6. The van der Waals surface area contributed by atoms with E-state index in [1.54, 1.807) is 6.92 Å². The fourth-order valence-corrected chi connectivity index (χ4v) is 2.13. The SMILES string of the molecule is CCOC(=O)C1CCC(CNCC(=O)OC(C)(C)C)N1. The number of carbonyl (C=O) groups is 2. The maximum Gasteiger partial charge on any atom is 0.323 e. The zero-order valence-corrected chi connectivity index (χ0v) is 12.8. The van der Waals surface area contributed by atoms with Crippen LogP contribution in [-0.4, -0.2) is 49.3 Å². The van der Waals surface area contributed by atoms with Crippen LogP contribution in [0.1, 0.15) is 40.5 Å². The lowest BCUT2D eigenvalue weighted by Gasteiger charge is -2.20. The van der Waals surface area contributed by atoms with Gasteiger partial charge in [0.15, 0.2) is 0 Å². The van der Waals surface area contributed by atoms with Crippen LogP contribution in [0.5, 0.6) is 0 Å². The second-order valence-electron chi connectivity index (χ2n) is 5.96. The molecule has 2 N–H and O–H groups in total. The molecule has 0 aromatic rings. The number of nitrogens with one attached hydrogen (secondary N) is 2. The van der Waals surface area contributed by atoms with Gasteiger partial charge in [0.1, 0.15) is 11.6 Å². The van der Waals surface area contributed by atoms with Crippen LogP contribution in [0.4, 0.5) is 0 Å². The molecule has 1 fully saturated rings. The Morgan fingerprint density at radius 3 is 2.60 bits per heavy atom. The lowest BCUT2D eigenvalue weighted by atomic mass is 10.2. The Hall–Kier alpha value is -1.14. The summed E-state index contributed by atoms with van der Waals surface area (Å²) in [4.78, 5) is 23.1. The highest BCUT2D eigenvalue weighted by Gasteiger charge is 2.29. The minimum Gasteiger partial charge on any atom is -0.465 e. The van der Waals surface area contributed by atoms with Gasteiger partial charge in [-0.05, 0) is 40.5 Å². The van der Waals surface area contributed by atoms with Crippen molar-refractivity contribution in [2.24, 2.45) is 0 Å². The molecule has 0 saturated carbocycles. The van der Waals surface area contributed by atoms with Crippen LogP contribution in [0.3, 0.4) is 0 Å². The average Bonchev–Trinajstić information content (AvgIpc) is 2.75. The molecule has 0 bridgehead atoms. The highest BCUT2D eigenvalue weighted by Crippen LogP contribution is 2.13. The molecule has 1 aliphatic rings. The molecular formula is C14H26N2O4. The average molecular weight is 286 g/mol. The van der Waals surface area contributed by atoms with Crippen molar-refractivity contribution in [2.75, 3.05) is 19.7 Å². The summed E-state index contributed by atoms with van der Waals surface area (Å²) in [5, 5.41) is 6.26. The summed E-state index contributed by atoms with van der Waals surface area (Å²) in [6, 6.07) is -0.0323. The van der Waals surface area contributed by atoms with Gasteiger partial charge in [0, 0.05) is 12.6 Å². The van der Waals surface area contributed by atoms with Crippen molar-refractivity contribution < 1.29 is 19.1 Å². The minimum absolute atomic E-state index is 0.180. The van der Waals surface area contributed by atoms with E-state index in [0.717, 1.165) is 12.8 Å². The normalized spacial score (nSPS) is 22.6. The van der Waals surface area contributed by atoms with Gasteiger partial charge in [-0.25, -0.2) is 0 Å². The Balaban J connectivity index is 2.18. The van der Waals surface area contributed by atoms with Crippen LogP contribution in [0.15, 0.2) is 0 Å². The van der Waals surface area contributed by atoms with E-state index in [0.29, 0.717) is 13.2 Å². The molecular weight excluding hydrogens is 260 g/mol. The third-order valence-corrected chi connectivity index (χ3v) is 2.89. The van der Waals surface area contributed by atoms with Gasteiger partial charge in [-0.3, -0.25) is 9.59 Å². The first-order chi connectivity index (χ1) is 9.31. The zero-order chi connectivity index (χ0) is 15.2. The fraction of sp³-hybridized carbons (Fsp3) is 0.857. The summed E-state index contributed by atoms with van der Waals surface area (Å²) >= 11 is 0. The van der Waals surface area contributed by atoms with Gasteiger partial charge in [0.05, 0.1) is 13.2 Å². The topological polar surface area (TPSA) is 76.7 Å². The largest absolute Gasteiger partial charge is 0.465 e. The Labute approximate surface area is 120 Å². The van der Waals surface area contributed by atoms with Gasteiger partial charge in [0.2, 0.25) is 0 Å². The molecule has 1 saturated heterocycles. The van der Waals surface area contributed by atoms with Crippen molar-refractivity contribution in [3.8, 4) is 0 Å². The lowest BCUT2D eigenvalue weighted by molar-refractivity contribution is -0.153. The molecule has 2 atom stereocenters. The monoisotopic (exact) mass is 286 g/mol. The first kappa shape index (κ1) is 16.9. The smallest absolute Gasteiger partial charge is 0.323 e. The van der Waals surface area contributed by atoms with Gasteiger partial charge >= 0.3 is 11.9 Å². The Morgan fingerprint density at radius 1 is 1.30 bits per heavy atom. The van der Waals surface area contributed by atoms with E-state index < -0.39 is 5.60 Å². The van der Waals surface area contributed by atoms with Crippen LogP contribution in [0.25, 0.3) is 0 Å². The first-order valence-corrected chi connectivity index (χ1v) is 7.17. The molecule has 0 radical (unpaired) electrons. The number of carbonyl (C=O) groups excluding carboxylic acids is 2. The van der Waals surface area contributed by atoms with Crippen molar-refractivity contribution in [2.45, 2.75) is 58.2 Å². The van der Waals surface area contributed by atoms with Crippen molar-refractivity contribution >= 4 is 11.9 Å². The fourth-order valence-electron chi connectivity index (χ4n) is 2.13. The summed E-state index contributed by atoms with van der Waals surface area (Å²) < 4.78 is 10.2. The minimum atomic E-state index is -0.459. The molecule has 0 spiro atoms. The van der Waals surface area contributed by atoms with Gasteiger partial charge in [-0.2, -0.15) is 0 Å². The lowest BCUT2D eigenvalue weighted by Crippen LogP contribution is -2.42. The third-order valence-electron chi connectivity index (χ3n) is 2.89. The maximum absolute atomic E-state index is 11.6. The summed E-state index contributed by atoms with van der Waals surface area (Å²) in [5.74, 6) is -0.459. The number of ether oxygens (including phenoxy) is 2. The molecule has 6 heteroatoms. The summed E-state index contributed by atoms with van der Waals surface area (Å²) in [7, 11) is 0. The Kier molecular flexibility index (Phi) is 6.42. The predicted molar refractivity (Wildman–Crippen MR) is 75.3 cm³/mol. The van der Waals surface area contributed by atoms with Crippen LogP contribution >= 0.6 is 0 Å². The van der Waals surface area contributed by atoms with Crippen LogP contribution < -0.4 is 10.6 Å². The summed E-state index contributed by atoms with van der Waals surface area (Å²) in [6.45, 7) is 8.54. The molecule has 0 amide bonds. The van der Waals surface area contributed by atoms with Gasteiger partial charge in [-0.15, -0.1) is 0 Å². The molecule has 2 unspecified atom stereocenters. The number of hydrogen-bond donors (Lipinski definition) is 2. The maximum atomic E-state index is 11.6. The second kappa shape index (κ2) is 7.59. The van der Waals surface area contributed by atoms with E-state index in [4.69, 9.17) is 9.47 Å². The molecule has 1 heterocycles. The first-order valence-electron chi connectivity index (χ1n) is 7.17. The molecule has 116 valence electrons. The predicted octanol–water partition coefficient (Wildman–Crippen LogP) is 0.601. The molecule has 0 aliphatic carbocycles. The summed E-state index contributed by atoms with van der Waals surface area (Å²) in [6.07, 6.45) is 1.67. The molecule has 0 aromatic heterocycles. The van der Waals surface area contributed by atoms with E-state index >= 15 is 0 Å². The van der Waals surface area contributed by atoms with E-state index in [1.807, 2.05) is 20.8 Å². The van der Waals surface area contributed by atoms with Crippen LogP contribution in [0.2, 0.25) is 0 Å². The number of esters is 2. The van der Waals surface area contributed by atoms with Gasteiger partial charge in [-0.1, -0.05) is 0 Å². The van der Waals surface area contributed by atoms with Gasteiger partial charge < -0.3 is 20.1 Å². The molecule has 6 nitrogen and oxygen atoms in total. The van der Waals surface area contributed by atoms with Crippen molar-refractivity contribution in [3.05, 3.63) is 0 Å². The van der Waals surface area contributed by atoms with E-state index in [9.17, 15) is 9.59 Å². The highest BCUT2D eigenvalue weighted by molar-refractivity contribution is 5.76. The molecule has 20 heavy (non-hydrogen) atoms. The van der Waals surface area contributed by atoms with Crippen molar-refractivity contribution in [3.63, 3.8) is 0 Å². The quantitative estimate of drug-likeness (QED) is 0.696. The Morgan fingerprint density at radius 2 is 2.00 bits per heavy atom. The molecule has 1 rings (SSSR count). The van der Waals surface area contributed by atoms with E-state index in [-0.39, 0.29) is 30.6 Å². The zero-order valence-electron chi connectivity index (χ0n) is 12.8. The standard InChI is InChI=1S/C14H26N2O4/c1-5-19-13(18)11-7-6-10(16-11)8-15-9-12(17)20-14(2,3)4/h10-11,15-16H,5-9H2,1-4H3. The van der Waals surface area contributed by atoms with E-state index in [1.165, 1.54) is 0 Å². The van der Waals surface area contributed by atoms with Crippen molar-refractivity contribution in [1.82, 2.24) is 10.6 Å². The second-order valence-corrected chi connectivity index (χ2v) is 5.96. The molecule has 0 aromatic carbocycles. The van der Waals surface area contributed by atoms with Gasteiger partial charge in [0.25, 0.3) is 0 Å². The number of rotatable bonds is 6. The Bertz CT molecular complexity index is 339. The molecule has 1 aliphatic heterocycles. The summed E-state index contributed by atoms with van der Waals surface area (Å²) in [5.41, 5.74) is -0.459. The third kappa shape index (κ3) is 6.34. The van der Waals surface area contributed by atoms with Crippen molar-refractivity contribution in [1.29, 1.82) is 0 Å². The van der Waals surface area contributed by atoms with Crippen LogP contribution in [-0.2, 0) is 19.1 Å². The number of hydrogen-bond acceptors (Lipinski definition) is 6. The van der Waals surface area contributed by atoms with Crippen LogP contribution in [0, 0.1) is 0 Å². The van der Waals surface area contributed by atoms with E-state index in [2.05, 4.69) is 10.6 Å².